The lowest BCUT2D eigenvalue weighted by Gasteiger charge is -2.12. The van der Waals surface area contributed by atoms with E-state index in [9.17, 15) is 0 Å². The minimum atomic E-state index is 0.132. The molecule has 3 rings (SSSR count). The van der Waals surface area contributed by atoms with Crippen LogP contribution in [0.2, 0.25) is 0 Å². The Morgan fingerprint density at radius 3 is 2.24 bits per heavy atom. The summed E-state index contributed by atoms with van der Waals surface area (Å²) >= 11 is 0. The highest BCUT2D eigenvalue weighted by atomic mass is 32.8. The smallest absolute Gasteiger partial charge is 0.0622 e. The predicted octanol–water partition coefficient (Wildman–Crippen LogP) is 4.83. The van der Waals surface area contributed by atoms with Gasteiger partial charge in [0, 0.05) is 21.1 Å². The molecule has 0 nitrogen and oxygen atoms in total. The first-order chi connectivity index (χ1) is 8.00. The van der Waals surface area contributed by atoms with Crippen molar-refractivity contribution in [1.29, 1.82) is 0 Å². The minimum Gasteiger partial charge on any atom is -0.0622 e. The van der Waals surface area contributed by atoms with E-state index in [1.54, 1.807) is 10.6 Å². The lowest BCUT2D eigenvalue weighted by atomic mass is 9.95. The minimum absolute atomic E-state index is 0.132. The van der Waals surface area contributed by atoms with E-state index in [-0.39, 0.29) is 7.12 Å². The van der Waals surface area contributed by atoms with Crippen molar-refractivity contribution in [2.75, 3.05) is 5.75 Å². The van der Waals surface area contributed by atoms with Crippen LogP contribution < -0.4 is 0 Å². The molecule has 0 aromatic heterocycles. The zero-order chi connectivity index (χ0) is 12.2. The SMILES string of the molecule is CC1C[S+]1P1C(c2ccccc2)=C1C(C)(C)C. The Labute approximate surface area is 108 Å². The third kappa shape index (κ3) is 2.09. The van der Waals surface area contributed by atoms with Crippen LogP contribution in [0.4, 0.5) is 0 Å². The first-order valence-corrected chi connectivity index (χ1v) is 9.70. The van der Waals surface area contributed by atoms with Crippen molar-refractivity contribution >= 4 is 23.0 Å². The molecule has 3 atom stereocenters. The van der Waals surface area contributed by atoms with Gasteiger partial charge in [-0.1, -0.05) is 51.1 Å². The molecule has 1 aromatic rings. The molecule has 2 heterocycles. The van der Waals surface area contributed by atoms with Crippen molar-refractivity contribution in [3.63, 3.8) is 0 Å². The highest BCUT2D eigenvalue weighted by Gasteiger charge is 2.65. The first-order valence-electron chi connectivity index (χ1n) is 6.30. The molecule has 2 heteroatoms. The van der Waals surface area contributed by atoms with Gasteiger partial charge in [0.1, 0.15) is 0 Å². The van der Waals surface area contributed by atoms with Gasteiger partial charge in [-0.25, -0.2) is 0 Å². The molecule has 0 bridgehead atoms. The van der Waals surface area contributed by atoms with Gasteiger partial charge in [0.15, 0.2) is 18.1 Å². The largest absolute Gasteiger partial charge is 0.184 e. The number of hydrogen-bond donors (Lipinski definition) is 0. The lowest BCUT2D eigenvalue weighted by molar-refractivity contribution is 0.540. The Balaban J connectivity index is 1.93. The molecule has 0 radical (unpaired) electrons. The summed E-state index contributed by atoms with van der Waals surface area (Å²) < 4.78 is 0. The molecule has 90 valence electrons. The quantitative estimate of drug-likeness (QED) is 0.407. The summed E-state index contributed by atoms with van der Waals surface area (Å²) in [6.45, 7) is 9.56. The fourth-order valence-electron chi connectivity index (χ4n) is 2.35. The molecular weight excluding hydrogens is 243 g/mol. The van der Waals surface area contributed by atoms with Crippen LogP contribution >= 0.6 is 7.12 Å². The number of benzene rings is 1. The first kappa shape index (κ1) is 11.8. The normalized spacial score (nSPS) is 31.6. The van der Waals surface area contributed by atoms with Crippen molar-refractivity contribution in [2.24, 2.45) is 5.41 Å². The van der Waals surface area contributed by atoms with Crippen LogP contribution in [-0.2, 0) is 10.5 Å². The van der Waals surface area contributed by atoms with Crippen molar-refractivity contribution < 1.29 is 0 Å². The Kier molecular flexibility index (Phi) is 2.69. The summed E-state index contributed by atoms with van der Waals surface area (Å²) in [5, 5.41) is 4.53. The molecule has 1 aromatic carbocycles. The Hall–Kier alpha value is -0.260. The van der Waals surface area contributed by atoms with Crippen molar-refractivity contribution in [3.8, 4) is 0 Å². The Bertz CT molecular complexity index is 469. The van der Waals surface area contributed by atoms with Crippen molar-refractivity contribution in [1.82, 2.24) is 0 Å². The van der Waals surface area contributed by atoms with E-state index in [1.807, 2.05) is 0 Å². The van der Waals surface area contributed by atoms with Crippen LogP contribution in [0.5, 0.6) is 0 Å². The summed E-state index contributed by atoms with van der Waals surface area (Å²) in [5.41, 5.74) is 1.88. The monoisotopic (exact) mass is 263 g/mol. The second kappa shape index (κ2) is 3.87. The third-order valence-corrected chi connectivity index (χ3v) is 11.3. The molecule has 0 N–H and O–H groups in total. The summed E-state index contributed by atoms with van der Waals surface area (Å²) in [6, 6.07) is 11.1. The van der Waals surface area contributed by atoms with Gasteiger partial charge in [-0.2, -0.15) is 0 Å². The van der Waals surface area contributed by atoms with E-state index in [0.717, 1.165) is 15.8 Å². The summed E-state index contributed by atoms with van der Waals surface area (Å²) in [4.78, 5) is 0. The standard InChI is InChI=1S/C15H20PS/c1-11-10-17(11)16-13(14(16)15(2,3)4)12-8-6-5-7-9-12/h5-9,11H,10H2,1-4H3/q+1. The van der Waals surface area contributed by atoms with Crippen molar-refractivity contribution in [2.45, 2.75) is 32.9 Å². The van der Waals surface area contributed by atoms with Crippen LogP contribution in [0.15, 0.2) is 35.6 Å². The molecule has 0 saturated carbocycles. The molecule has 3 unspecified atom stereocenters. The van der Waals surface area contributed by atoms with E-state index < -0.39 is 0 Å². The van der Waals surface area contributed by atoms with Gasteiger partial charge in [0.25, 0.3) is 0 Å². The molecule has 17 heavy (non-hydrogen) atoms. The van der Waals surface area contributed by atoms with Gasteiger partial charge < -0.3 is 0 Å². The highest BCUT2D eigenvalue weighted by molar-refractivity contribution is 8.63. The third-order valence-electron chi connectivity index (χ3n) is 3.33. The zero-order valence-electron chi connectivity index (χ0n) is 11.0. The zero-order valence-corrected chi connectivity index (χ0v) is 12.7. The second-order valence-electron chi connectivity index (χ2n) is 5.99. The van der Waals surface area contributed by atoms with Crippen LogP contribution in [0.1, 0.15) is 33.3 Å². The molecule has 1 saturated heterocycles. The predicted molar refractivity (Wildman–Crippen MR) is 81.4 cm³/mol. The van der Waals surface area contributed by atoms with E-state index in [4.69, 9.17) is 0 Å². The number of rotatable bonds is 2. The van der Waals surface area contributed by atoms with Crippen LogP contribution in [0, 0.1) is 5.41 Å². The highest BCUT2D eigenvalue weighted by Crippen LogP contribution is 2.85. The maximum atomic E-state index is 2.42. The number of allylic oxidation sites excluding steroid dienone is 1. The summed E-state index contributed by atoms with van der Waals surface area (Å²) in [7, 11) is 0.865. The van der Waals surface area contributed by atoms with Gasteiger partial charge in [-0.05, 0) is 17.9 Å². The lowest BCUT2D eigenvalue weighted by Crippen LogP contribution is -2.01. The van der Waals surface area contributed by atoms with E-state index in [1.165, 1.54) is 11.3 Å². The molecule has 0 amide bonds. The molecule has 0 spiro atoms. The van der Waals surface area contributed by atoms with Crippen LogP contribution in [0.3, 0.4) is 0 Å². The van der Waals surface area contributed by atoms with E-state index >= 15 is 0 Å². The van der Waals surface area contributed by atoms with Gasteiger partial charge in [0.05, 0.1) is 0 Å². The maximum Gasteiger partial charge on any atom is 0.184 e. The second-order valence-corrected chi connectivity index (χ2v) is 11.9. The molecule has 2 aliphatic rings. The fourth-order valence-corrected chi connectivity index (χ4v) is 11.5. The average Bonchev–Trinajstić information content (AvgIpc) is 3.11. The molecule has 2 aliphatic heterocycles. The van der Waals surface area contributed by atoms with Gasteiger partial charge in [-0.15, -0.1) is 0 Å². The molecular formula is C15H20PS+. The Morgan fingerprint density at radius 2 is 1.76 bits per heavy atom. The fraction of sp³-hybridized carbons (Fsp3) is 0.467. The van der Waals surface area contributed by atoms with Gasteiger partial charge in [-0.3, -0.25) is 0 Å². The van der Waals surface area contributed by atoms with Crippen LogP contribution in [0.25, 0.3) is 5.31 Å². The van der Waals surface area contributed by atoms with Gasteiger partial charge in [0.2, 0.25) is 0 Å². The Morgan fingerprint density at radius 1 is 1.18 bits per heavy atom. The van der Waals surface area contributed by atoms with Crippen LogP contribution in [-0.4, -0.2) is 11.0 Å². The topological polar surface area (TPSA) is 0 Å². The molecule has 0 aliphatic carbocycles. The maximum absolute atomic E-state index is 2.42. The van der Waals surface area contributed by atoms with Gasteiger partial charge >= 0.3 is 0 Å². The average molecular weight is 263 g/mol. The van der Waals surface area contributed by atoms with Crippen molar-refractivity contribution in [3.05, 3.63) is 41.2 Å². The summed E-state index contributed by atoms with van der Waals surface area (Å²) in [6.07, 6.45) is 0. The summed E-state index contributed by atoms with van der Waals surface area (Å²) in [5.74, 6) is 1.49. The number of hydrogen-bond acceptors (Lipinski definition) is 0. The van der Waals surface area contributed by atoms with E-state index in [0.29, 0.717) is 5.41 Å². The van der Waals surface area contributed by atoms with E-state index in [2.05, 4.69) is 58.0 Å². The molecule has 1 fully saturated rings.